The van der Waals surface area contributed by atoms with Gasteiger partial charge in [-0.2, -0.15) is 0 Å². The molecule has 0 amide bonds. The average Bonchev–Trinajstić information content (AvgIpc) is 2.98. The quantitative estimate of drug-likeness (QED) is 0.751. The van der Waals surface area contributed by atoms with Crippen molar-refractivity contribution in [2.45, 2.75) is 32.4 Å². The van der Waals surface area contributed by atoms with Crippen LogP contribution in [0.25, 0.3) is 0 Å². The second kappa shape index (κ2) is 7.13. The van der Waals surface area contributed by atoms with Gasteiger partial charge in [-0.3, -0.25) is 4.90 Å². The van der Waals surface area contributed by atoms with Gasteiger partial charge in [0.15, 0.2) is 0 Å². The van der Waals surface area contributed by atoms with Crippen molar-refractivity contribution in [2.75, 3.05) is 33.4 Å². The van der Waals surface area contributed by atoms with E-state index < -0.39 is 0 Å². The zero-order valence-corrected chi connectivity index (χ0v) is 11.9. The molecule has 0 spiro atoms. The average molecular weight is 271 g/mol. The van der Waals surface area contributed by atoms with E-state index in [4.69, 9.17) is 9.47 Å². The van der Waals surface area contributed by atoms with E-state index in [0.717, 1.165) is 42.9 Å². The summed E-state index contributed by atoms with van der Waals surface area (Å²) in [6.07, 6.45) is 2.72. The Labute approximate surface area is 112 Å². The van der Waals surface area contributed by atoms with Gasteiger partial charge in [-0.25, -0.2) is 0 Å². The van der Waals surface area contributed by atoms with Crippen LogP contribution in [0.2, 0.25) is 0 Å². The molecule has 0 N–H and O–H groups in total. The Kier molecular flexibility index (Phi) is 5.49. The van der Waals surface area contributed by atoms with E-state index in [9.17, 15) is 0 Å². The van der Waals surface area contributed by atoms with Crippen LogP contribution >= 0.6 is 11.3 Å². The number of aryl methyl sites for hydroxylation is 1. The minimum Gasteiger partial charge on any atom is -0.383 e. The van der Waals surface area contributed by atoms with E-state index in [1.165, 1.54) is 12.8 Å². The van der Waals surface area contributed by atoms with Crippen LogP contribution in [0.3, 0.4) is 0 Å². The number of nitrogens with zero attached hydrogens (tertiary/aromatic N) is 3. The molecule has 2 heterocycles. The molecule has 5 nitrogen and oxygen atoms in total. The molecule has 0 aliphatic carbocycles. The van der Waals surface area contributed by atoms with Gasteiger partial charge in [-0.05, 0) is 19.8 Å². The number of hydrogen-bond acceptors (Lipinski definition) is 6. The highest BCUT2D eigenvalue weighted by Gasteiger charge is 2.20. The summed E-state index contributed by atoms with van der Waals surface area (Å²) in [5.74, 6) is 0. The van der Waals surface area contributed by atoms with Crippen molar-refractivity contribution >= 4 is 11.3 Å². The topological polar surface area (TPSA) is 47.5 Å². The third kappa shape index (κ3) is 4.28. The van der Waals surface area contributed by atoms with Crippen molar-refractivity contribution in [1.29, 1.82) is 0 Å². The molecule has 1 atom stereocenters. The van der Waals surface area contributed by atoms with Gasteiger partial charge in [0.05, 0.1) is 19.3 Å². The van der Waals surface area contributed by atoms with Gasteiger partial charge in [0, 0.05) is 26.8 Å². The Morgan fingerprint density at radius 3 is 3.00 bits per heavy atom. The number of aromatic nitrogens is 2. The fraction of sp³-hybridized carbons (Fsp3) is 0.833. The maximum atomic E-state index is 5.69. The molecule has 0 aromatic carbocycles. The van der Waals surface area contributed by atoms with Crippen molar-refractivity contribution in [3.63, 3.8) is 0 Å². The lowest BCUT2D eigenvalue weighted by Gasteiger charge is -2.23. The standard InChI is InChI=1S/C12H21N3O2S/c1-10-13-14-12(18-10)9-15(5-7-16-2)8-11-4-3-6-17-11/h11H,3-9H2,1-2H3/t11-/m0/s1. The molecule has 6 heteroatoms. The lowest BCUT2D eigenvalue weighted by molar-refractivity contribution is 0.0587. The molecule has 1 saturated heterocycles. The monoisotopic (exact) mass is 271 g/mol. The summed E-state index contributed by atoms with van der Waals surface area (Å²) in [7, 11) is 1.74. The predicted molar refractivity (Wildman–Crippen MR) is 70.8 cm³/mol. The van der Waals surface area contributed by atoms with Crippen molar-refractivity contribution < 1.29 is 9.47 Å². The summed E-state index contributed by atoms with van der Waals surface area (Å²) < 4.78 is 10.9. The molecule has 0 radical (unpaired) electrons. The fourth-order valence-electron chi connectivity index (χ4n) is 2.12. The molecule has 1 aliphatic heterocycles. The molecular weight excluding hydrogens is 250 g/mol. The molecule has 102 valence electrons. The number of hydrogen-bond donors (Lipinski definition) is 0. The SMILES string of the molecule is COCCN(Cc1nnc(C)s1)C[C@@H]1CCCO1. The summed E-state index contributed by atoms with van der Waals surface area (Å²) in [4.78, 5) is 2.35. The highest BCUT2D eigenvalue weighted by atomic mass is 32.1. The van der Waals surface area contributed by atoms with E-state index in [2.05, 4.69) is 15.1 Å². The van der Waals surface area contributed by atoms with Crippen LogP contribution in [-0.4, -0.2) is 54.6 Å². The first-order chi connectivity index (χ1) is 8.78. The molecule has 0 unspecified atom stereocenters. The minimum atomic E-state index is 0.371. The van der Waals surface area contributed by atoms with E-state index in [1.807, 2.05) is 6.92 Å². The molecule has 0 bridgehead atoms. The molecule has 2 rings (SSSR count). The Balaban J connectivity index is 1.86. The van der Waals surface area contributed by atoms with Crippen LogP contribution in [0.15, 0.2) is 0 Å². The summed E-state index contributed by atoms with van der Waals surface area (Å²) in [6.45, 7) is 6.34. The van der Waals surface area contributed by atoms with Crippen LogP contribution < -0.4 is 0 Å². The van der Waals surface area contributed by atoms with E-state index >= 15 is 0 Å². The number of rotatable bonds is 7. The van der Waals surface area contributed by atoms with Crippen molar-refractivity contribution in [1.82, 2.24) is 15.1 Å². The molecule has 1 aromatic rings. The van der Waals surface area contributed by atoms with Crippen LogP contribution in [0.1, 0.15) is 22.9 Å². The molecule has 1 aromatic heterocycles. The molecule has 1 aliphatic rings. The van der Waals surface area contributed by atoms with Gasteiger partial charge in [0.1, 0.15) is 10.0 Å². The summed E-state index contributed by atoms with van der Waals surface area (Å²) in [6, 6.07) is 0. The zero-order chi connectivity index (χ0) is 12.8. The maximum Gasteiger partial charge on any atom is 0.131 e. The normalized spacial score (nSPS) is 19.8. The zero-order valence-electron chi connectivity index (χ0n) is 11.1. The second-order valence-electron chi connectivity index (χ2n) is 4.58. The molecule has 1 fully saturated rings. The smallest absolute Gasteiger partial charge is 0.131 e. The van der Waals surface area contributed by atoms with Crippen molar-refractivity contribution in [3.8, 4) is 0 Å². The minimum absolute atomic E-state index is 0.371. The Hall–Kier alpha value is -0.560. The fourth-order valence-corrected chi connectivity index (χ4v) is 2.88. The van der Waals surface area contributed by atoms with E-state index in [-0.39, 0.29) is 0 Å². The third-order valence-electron chi connectivity index (χ3n) is 3.02. The van der Waals surface area contributed by atoms with Crippen LogP contribution in [0.4, 0.5) is 0 Å². The highest BCUT2D eigenvalue weighted by Crippen LogP contribution is 2.16. The van der Waals surface area contributed by atoms with Gasteiger partial charge in [0.2, 0.25) is 0 Å². The third-order valence-corrected chi connectivity index (χ3v) is 3.85. The van der Waals surface area contributed by atoms with E-state index in [1.54, 1.807) is 18.4 Å². The molecule has 18 heavy (non-hydrogen) atoms. The Bertz CT molecular complexity index is 353. The number of methoxy groups -OCH3 is 1. The lowest BCUT2D eigenvalue weighted by Crippen LogP contribution is -2.34. The van der Waals surface area contributed by atoms with Gasteiger partial charge in [-0.1, -0.05) is 0 Å². The lowest BCUT2D eigenvalue weighted by atomic mass is 10.2. The van der Waals surface area contributed by atoms with Crippen LogP contribution in [0, 0.1) is 6.92 Å². The van der Waals surface area contributed by atoms with Crippen LogP contribution in [0.5, 0.6) is 0 Å². The first kappa shape index (κ1) is 13.9. The van der Waals surface area contributed by atoms with Gasteiger partial charge in [0.25, 0.3) is 0 Å². The Morgan fingerprint density at radius 2 is 2.39 bits per heavy atom. The van der Waals surface area contributed by atoms with Crippen molar-refractivity contribution in [3.05, 3.63) is 10.0 Å². The van der Waals surface area contributed by atoms with E-state index in [0.29, 0.717) is 6.10 Å². The summed E-state index contributed by atoms with van der Waals surface area (Å²) >= 11 is 1.66. The van der Waals surface area contributed by atoms with Gasteiger partial charge < -0.3 is 9.47 Å². The molecular formula is C12H21N3O2S. The van der Waals surface area contributed by atoms with Gasteiger partial charge >= 0.3 is 0 Å². The number of ether oxygens (including phenoxy) is 2. The van der Waals surface area contributed by atoms with Crippen molar-refractivity contribution in [2.24, 2.45) is 0 Å². The first-order valence-electron chi connectivity index (χ1n) is 6.40. The molecule has 0 saturated carbocycles. The summed E-state index contributed by atoms with van der Waals surface area (Å²) in [5.41, 5.74) is 0. The largest absolute Gasteiger partial charge is 0.383 e. The first-order valence-corrected chi connectivity index (χ1v) is 7.21. The predicted octanol–water partition coefficient (Wildman–Crippen LogP) is 1.47. The van der Waals surface area contributed by atoms with Gasteiger partial charge in [-0.15, -0.1) is 21.5 Å². The van der Waals surface area contributed by atoms with Crippen LogP contribution in [-0.2, 0) is 16.0 Å². The highest BCUT2D eigenvalue weighted by molar-refractivity contribution is 7.11. The Morgan fingerprint density at radius 1 is 1.50 bits per heavy atom. The second-order valence-corrected chi connectivity index (χ2v) is 5.84. The summed E-state index contributed by atoms with van der Waals surface area (Å²) in [5, 5.41) is 10.3. The maximum absolute atomic E-state index is 5.69.